The molecule has 1 heterocycles. The molecule has 2 aromatic rings. The third kappa shape index (κ3) is 5.08. The fraction of sp³-hybridized carbons (Fsp3) is 0.500. The van der Waals surface area contributed by atoms with Crippen LogP contribution in [0.4, 0.5) is 5.82 Å². The van der Waals surface area contributed by atoms with Crippen molar-refractivity contribution in [1.29, 1.82) is 0 Å². The largest absolute Gasteiger partial charge is 0.490 e. The standard InChI is InChI=1S/C20H27N3O2/c1-14(2)18-13-19(23-22-18)21-20(24)11-10-15-6-5-9-17(12-15)25-16-7-3-4-8-16/h5-6,9,12-14,16H,3-4,7-8,10-11H2,1-2H3,(H2,21,22,23,24). The minimum absolute atomic E-state index is 0.0241. The van der Waals surface area contributed by atoms with E-state index < -0.39 is 0 Å². The van der Waals surface area contributed by atoms with Gasteiger partial charge in [-0.25, -0.2) is 0 Å². The molecular formula is C20H27N3O2. The molecule has 1 aromatic heterocycles. The molecule has 0 aliphatic heterocycles. The van der Waals surface area contributed by atoms with E-state index in [4.69, 9.17) is 4.74 Å². The second-order valence-electron chi connectivity index (χ2n) is 7.08. The number of H-pyrrole nitrogens is 1. The molecule has 134 valence electrons. The second kappa shape index (κ2) is 8.19. The molecule has 5 heteroatoms. The van der Waals surface area contributed by atoms with Gasteiger partial charge in [-0.3, -0.25) is 9.89 Å². The van der Waals surface area contributed by atoms with Crippen LogP contribution in [0, 0.1) is 0 Å². The van der Waals surface area contributed by atoms with E-state index in [0.717, 1.165) is 29.8 Å². The first-order chi connectivity index (χ1) is 12.1. The first-order valence-corrected chi connectivity index (χ1v) is 9.21. The lowest BCUT2D eigenvalue weighted by Gasteiger charge is -2.13. The van der Waals surface area contributed by atoms with Gasteiger partial charge in [0.25, 0.3) is 0 Å². The van der Waals surface area contributed by atoms with Crippen LogP contribution in [0.15, 0.2) is 30.3 Å². The van der Waals surface area contributed by atoms with Gasteiger partial charge < -0.3 is 10.1 Å². The zero-order valence-corrected chi connectivity index (χ0v) is 15.0. The predicted molar refractivity (Wildman–Crippen MR) is 99.0 cm³/mol. The van der Waals surface area contributed by atoms with Crippen LogP contribution in [-0.4, -0.2) is 22.2 Å². The van der Waals surface area contributed by atoms with E-state index in [1.807, 2.05) is 24.3 Å². The van der Waals surface area contributed by atoms with Crippen molar-refractivity contribution in [3.63, 3.8) is 0 Å². The number of carbonyl (C=O) groups excluding carboxylic acids is 1. The van der Waals surface area contributed by atoms with E-state index in [0.29, 0.717) is 30.7 Å². The van der Waals surface area contributed by atoms with Crippen molar-refractivity contribution < 1.29 is 9.53 Å². The molecule has 3 rings (SSSR count). The fourth-order valence-corrected chi connectivity index (χ4v) is 3.13. The van der Waals surface area contributed by atoms with Crippen LogP contribution in [0.1, 0.15) is 63.1 Å². The summed E-state index contributed by atoms with van der Waals surface area (Å²) in [6.45, 7) is 4.17. The number of hydrogen-bond acceptors (Lipinski definition) is 3. The van der Waals surface area contributed by atoms with Crippen LogP contribution in [0.25, 0.3) is 0 Å². The van der Waals surface area contributed by atoms with E-state index in [1.54, 1.807) is 0 Å². The summed E-state index contributed by atoms with van der Waals surface area (Å²) in [6, 6.07) is 9.98. The number of carbonyl (C=O) groups is 1. The fourth-order valence-electron chi connectivity index (χ4n) is 3.13. The quantitative estimate of drug-likeness (QED) is 0.783. The van der Waals surface area contributed by atoms with Gasteiger partial charge in [-0.05, 0) is 55.7 Å². The van der Waals surface area contributed by atoms with Crippen molar-refractivity contribution >= 4 is 11.7 Å². The van der Waals surface area contributed by atoms with Crippen molar-refractivity contribution in [2.24, 2.45) is 0 Å². The Hall–Kier alpha value is -2.30. The Morgan fingerprint density at radius 1 is 1.32 bits per heavy atom. The van der Waals surface area contributed by atoms with Crippen molar-refractivity contribution in [2.45, 2.75) is 64.4 Å². The van der Waals surface area contributed by atoms with Crippen LogP contribution in [0.2, 0.25) is 0 Å². The van der Waals surface area contributed by atoms with E-state index in [-0.39, 0.29) is 5.91 Å². The van der Waals surface area contributed by atoms with Crippen molar-refractivity contribution in [2.75, 3.05) is 5.32 Å². The number of aromatic amines is 1. The molecule has 0 bridgehead atoms. The molecule has 1 aliphatic carbocycles. The van der Waals surface area contributed by atoms with Gasteiger partial charge in [-0.1, -0.05) is 26.0 Å². The molecule has 0 radical (unpaired) electrons. The first-order valence-electron chi connectivity index (χ1n) is 9.21. The Bertz CT molecular complexity index is 702. The number of hydrogen-bond donors (Lipinski definition) is 2. The summed E-state index contributed by atoms with van der Waals surface area (Å²) in [4.78, 5) is 12.1. The van der Waals surface area contributed by atoms with Crippen molar-refractivity contribution in [3.05, 3.63) is 41.6 Å². The van der Waals surface area contributed by atoms with Gasteiger partial charge in [-0.15, -0.1) is 0 Å². The molecule has 25 heavy (non-hydrogen) atoms. The number of anilines is 1. The molecule has 2 N–H and O–H groups in total. The van der Waals surface area contributed by atoms with E-state index in [2.05, 4.69) is 35.4 Å². The lowest BCUT2D eigenvalue weighted by Crippen LogP contribution is -2.13. The molecule has 0 atom stereocenters. The summed E-state index contributed by atoms with van der Waals surface area (Å²) in [5, 5.41) is 9.92. The van der Waals surface area contributed by atoms with Gasteiger partial charge in [-0.2, -0.15) is 5.10 Å². The van der Waals surface area contributed by atoms with Crippen LogP contribution in [0.3, 0.4) is 0 Å². The monoisotopic (exact) mass is 341 g/mol. The zero-order valence-electron chi connectivity index (χ0n) is 15.0. The van der Waals surface area contributed by atoms with Gasteiger partial charge in [0.05, 0.1) is 6.10 Å². The molecule has 1 amide bonds. The second-order valence-corrected chi connectivity index (χ2v) is 7.08. The average molecular weight is 341 g/mol. The summed E-state index contributed by atoms with van der Waals surface area (Å²) < 4.78 is 6.03. The first kappa shape index (κ1) is 17.5. The smallest absolute Gasteiger partial charge is 0.225 e. The number of amides is 1. The Morgan fingerprint density at radius 3 is 2.84 bits per heavy atom. The number of benzene rings is 1. The number of nitrogens with zero attached hydrogens (tertiary/aromatic N) is 1. The highest BCUT2D eigenvalue weighted by Crippen LogP contribution is 2.25. The summed E-state index contributed by atoms with van der Waals surface area (Å²) in [7, 11) is 0. The Kier molecular flexibility index (Phi) is 5.74. The molecule has 1 saturated carbocycles. The van der Waals surface area contributed by atoms with E-state index in [1.165, 1.54) is 12.8 Å². The topological polar surface area (TPSA) is 67.0 Å². The van der Waals surface area contributed by atoms with E-state index >= 15 is 0 Å². The normalized spacial score (nSPS) is 14.8. The number of nitrogens with one attached hydrogen (secondary N) is 2. The lowest BCUT2D eigenvalue weighted by atomic mass is 10.1. The Morgan fingerprint density at radius 2 is 2.12 bits per heavy atom. The number of aryl methyl sites for hydroxylation is 1. The minimum atomic E-state index is -0.0241. The van der Waals surface area contributed by atoms with Crippen LogP contribution in [-0.2, 0) is 11.2 Å². The molecule has 0 unspecified atom stereocenters. The zero-order chi connectivity index (χ0) is 17.6. The molecule has 1 aromatic carbocycles. The highest BCUT2D eigenvalue weighted by molar-refractivity contribution is 5.89. The summed E-state index contributed by atoms with van der Waals surface area (Å²) in [5.74, 6) is 1.84. The Labute approximate surface area is 149 Å². The van der Waals surface area contributed by atoms with Gasteiger partial charge in [0.2, 0.25) is 5.91 Å². The maximum absolute atomic E-state index is 12.1. The molecule has 1 aliphatic rings. The SMILES string of the molecule is CC(C)c1cc(NC(=O)CCc2cccc(OC3CCCC3)c2)n[nH]1. The number of rotatable bonds is 7. The summed E-state index contributed by atoms with van der Waals surface area (Å²) >= 11 is 0. The maximum atomic E-state index is 12.1. The number of aromatic nitrogens is 2. The summed E-state index contributed by atoms with van der Waals surface area (Å²) in [6.07, 6.45) is 6.29. The van der Waals surface area contributed by atoms with Crippen LogP contribution < -0.4 is 10.1 Å². The van der Waals surface area contributed by atoms with Crippen molar-refractivity contribution in [1.82, 2.24) is 10.2 Å². The highest BCUT2D eigenvalue weighted by atomic mass is 16.5. The highest BCUT2D eigenvalue weighted by Gasteiger charge is 2.16. The van der Waals surface area contributed by atoms with Crippen LogP contribution in [0.5, 0.6) is 5.75 Å². The van der Waals surface area contributed by atoms with Gasteiger partial charge >= 0.3 is 0 Å². The lowest BCUT2D eigenvalue weighted by molar-refractivity contribution is -0.116. The van der Waals surface area contributed by atoms with Gasteiger partial charge in [0, 0.05) is 18.2 Å². The summed E-state index contributed by atoms with van der Waals surface area (Å²) in [5.41, 5.74) is 2.14. The third-order valence-corrected chi connectivity index (χ3v) is 4.63. The molecular weight excluding hydrogens is 314 g/mol. The van der Waals surface area contributed by atoms with Crippen molar-refractivity contribution in [3.8, 4) is 5.75 Å². The Balaban J connectivity index is 1.49. The van der Waals surface area contributed by atoms with E-state index in [9.17, 15) is 4.79 Å². The third-order valence-electron chi connectivity index (χ3n) is 4.63. The molecule has 5 nitrogen and oxygen atoms in total. The average Bonchev–Trinajstić information content (AvgIpc) is 3.25. The molecule has 0 spiro atoms. The van der Waals surface area contributed by atoms with Gasteiger partial charge in [0.15, 0.2) is 5.82 Å². The predicted octanol–water partition coefficient (Wildman–Crippen LogP) is 4.43. The minimum Gasteiger partial charge on any atom is -0.490 e. The molecule has 0 saturated heterocycles. The van der Waals surface area contributed by atoms with Crippen LogP contribution >= 0.6 is 0 Å². The van der Waals surface area contributed by atoms with Gasteiger partial charge in [0.1, 0.15) is 5.75 Å². The maximum Gasteiger partial charge on any atom is 0.225 e. The molecule has 1 fully saturated rings. The number of ether oxygens (including phenoxy) is 1.